The molecule has 2 heterocycles. The molecular formula is C15H25NO5. The molecule has 6 nitrogen and oxygen atoms in total. The van der Waals surface area contributed by atoms with Crippen LogP contribution < -0.4 is 0 Å². The van der Waals surface area contributed by atoms with Gasteiger partial charge in [-0.15, -0.1) is 0 Å². The van der Waals surface area contributed by atoms with Gasteiger partial charge < -0.3 is 18.9 Å². The van der Waals surface area contributed by atoms with Crippen molar-refractivity contribution < 1.29 is 23.7 Å². The third-order valence-corrected chi connectivity index (χ3v) is 3.51. The number of carbonyl (C=O) groups is 1. The van der Waals surface area contributed by atoms with Crippen LogP contribution in [0.5, 0.6) is 0 Å². The van der Waals surface area contributed by atoms with E-state index in [0.29, 0.717) is 32.1 Å². The van der Waals surface area contributed by atoms with Gasteiger partial charge in [-0.1, -0.05) is 0 Å². The van der Waals surface area contributed by atoms with E-state index in [1.165, 1.54) is 0 Å². The second-order valence-corrected chi connectivity index (χ2v) is 6.11. The molecule has 21 heavy (non-hydrogen) atoms. The average molecular weight is 299 g/mol. The summed E-state index contributed by atoms with van der Waals surface area (Å²) in [5.41, 5.74) is -0.241. The van der Waals surface area contributed by atoms with Gasteiger partial charge in [0.05, 0.1) is 31.5 Å². The molecule has 0 aromatic rings. The lowest BCUT2D eigenvalue weighted by Gasteiger charge is -2.34. The molecule has 2 rings (SSSR count). The fourth-order valence-corrected chi connectivity index (χ4v) is 2.76. The maximum absolute atomic E-state index is 12.3. The highest BCUT2D eigenvalue weighted by atomic mass is 16.7. The molecule has 0 saturated carbocycles. The molecule has 2 atom stereocenters. The Labute approximate surface area is 125 Å². The molecule has 0 spiro atoms. The van der Waals surface area contributed by atoms with E-state index in [-0.39, 0.29) is 17.6 Å². The summed E-state index contributed by atoms with van der Waals surface area (Å²) in [5, 5.41) is 0. The Morgan fingerprint density at radius 3 is 2.67 bits per heavy atom. The van der Waals surface area contributed by atoms with Crippen LogP contribution in [0.4, 0.5) is 0 Å². The molecule has 1 saturated heterocycles. The first kappa shape index (κ1) is 16.2. The normalized spacial score (nSPS) is 26.9. The first-order valence-corrected chi connectivity index (χ1v) is 7.57. The summed E-state index contributed by atoms with van der Waals surface area (Å²) in [6.07, 6.45) is 0.823. The van der Waals surface area contributed by atoms with E-state index in [9.17, 15) is 4.79 Å². The van der Waals surface area contributed by atoms with E-state index in [1.54, 1.807) is 6.92 Å². The van der Waals surface area contributed by atoms with Crippen LogP contribution in [0, 0.1) is 5.92 Å². The van der Waals surface area contributed by atoms with Gasteiger partial charge in [0.2, 0.25) is 0 Å². The Bertz CT molecular complexity index is 401. The molecule has 0 unspecified atom stereocenters. The Hall–Kier alpha value is -1.14. The predicted octanol–water partition coefficient (Wildman–Crippen LogP) is 1.91. The number of ether oxygens (including phenoxy) is 4. The molecular weight excluding hydrogens is 274 g/mol. The number of rotatable bonds is 5. The topological polar surface area (TPSA) is 66.4 Å². The highest BCUT2D eigenvalue weighted by Gasteiger charge is 2.38. The summed E-state index contributed by atoms with van der Waals surface area (Å²) in [4.78, 5) is 16.8. The summed E-state index contributed by atoms with van der Waals surface area (Å²) in [6, 6.07) is 0. The smallest absolute Gasteiger partial charge is 0.318 e. The highest BCUT2D eigenvalue weighted by Crippen LogP contribution is 2.28. The molecule has 2 aliphatic heterocycles. The number of hydrogen-bond acceptors (Lipinski definition) is 6. The second kappa shape index (κ2) is 6.75. The van der Waals surface area contributed by atoms with Crippen molar-refractivity contribution in [1.29, 1.82) is 0 Å². The van der Waals surface area contributed by atoms with Gasteiger partial charge in [-0.25, -0.2) is 4.99 Å². The molecule has 0 aromatic heterocycles. The number of carbonyl (C=O) groups excluding carboxylic acids is 1. The molecule has 6 heteroatoms. The monoisotopic (exact) mass is 299 g/mol. The summed E-state index contributed by atoms with van der Waals surface area (Å²) in [6.45, 7) is 9.28. The summed E-state index contributed by atoms with van der Waals surface area (Å²) >= 11 is 0. The zero-order chi connectivity index (χ0) is 15.5. The number of nitrogens with zero attached hydrogens (tertiary/aromatic N) is 1. The standard InChI is InChI=1S/C15H25NO5/c1-5-18-14(17)11(8-12-19-6-7-20-12)13-16-15(3,4)9-10(2)21-13/h10-12H,5-9H2,1-4H3/t10-,11-/m0/s1. The zero-order valence-electron chi connectivity index (χ0n) is 13.3. The van der Waals surface area contributed by atoms with Crippen molar-refractivity contribution in [2.24, 2.45) is 10.9 Å². The molecule has 0 aromatic carbocycles. The fourth-order valence-electron chi connectivity index (χ4n) is 2.76. The molecule has 0 aliphatic carbocycles. The van der Waals surface area contributed by atoms with E-state index < -0.39 is 12.2 Å². The highest BCUT2D eigenvalue weighted by molar-refractivity contribution is 5.98. The molecule has 2 aliphatic rings. The second-order valence-electron chi connectivity index (χ2n) is 6.11. The van der Waals surface area contributed by atoms with Crippen LogP contribution in [0.25, 0.3) is 0 Å². The molecule has 0 amide bonds. The Kier molecular flexibility index (Phi) is 5.22. The van der Waals surface area contributed by atoms with Gasteiger partial charge in [0, 0.05) is 12.8 Å². The van der Waals surface area contributed by atoms with Crippen LogP contribution in [-0.2, 0) is 23.7 Å². The van der Waals surface area contributed by atoms with Crippen molar-refractivity contribution in [2.45, 2.75) is 58.5 Å². The third kappa shape index (κ3) is 4.41. The maximum atomic E-state index is 12.3. The summed E-state index contributed by atoms with van der Waals surface area (Å²) in [7, 11) is 0. The Morgan fingerprint density at radius 1 is 1.43 bits per heavy atom. The van der Waals surface area contributed by atoms with Crippen LogP contribution in [0.2, 0.25) is 0 Å². The van der Waals surface area contributed by atoms with Gasteiger partial charge in [-0.3, -0.25) is 4.79 Å². The fraction of sp³-hybridized carbons (Fsp3) is 0.867. The van der Waals surface area contributed by atoms with Gasteiger partial charge in [0.15, 0.2) is 12.2 Å². The summed E-state index contributed by atoms with van der Waals surface area (Å²) < 4.78 is 21.8. The van der Waals surface area contributed by atoms with Gasteiger partial charge in [-0.05, 0) is 27.7 Å². The van der Waals surface area contributed by atoms with Gasteiger partial charge in [-0.2, -0.15) is 0 Å². The molecule has 1 fully saturated rings. The number of aliphatic imine (C=N–C) groups is 1. The SMILES string of the molecule is CCOC(=O)[C@@H](CC1OCCO1)C1=NC(C)(C)C[C@H](C)O1. The first-order chi connectivity index (χ1) is 9.91. The van der Waals surface area contributed by atoms with E-state index in [2.05, 4.69) is 4.99 Å². The molecule has 0 bridgehead atoms. The largest absolute Gasteiger partial charge is 0.477 e. The third-order valence-electron chi connectivity index (χ3n) is 3.51. The Morgan fingerprint density at radius 2 is 2.10 bits per heavy atom. The minimum atomic E-state index is -0.574. The average Bonchev–Trinajstić information content (AvgIpc) is 2.86. The van der Waals surface area contributed by atoms with E-state index >= 15 is 0 Å². The van der Waals surface area contributed by atoms with Crippen molar-refractivity contribution in [3.05, 3.63) is 0 Å². The Balaban J connectivity index is 2.16. The predicted molar refractivity (Wildman–Crippen MR) is 77.1 cm³/mol. The van der Waals surface area contributed by atoms with Crippen LogP contribution in [-0.4, -0.2) is 49.6 Å². The van der Waals surface area contributed by atoms with Crippen LogP contribution in [0.3, 0.4) is 0 Å². The van der Waals surface area contributed by atoms with E-state index in [1.807, 2.05) is 20.8 Å². The van der Waals surface area contributed by atoms with Crippen LogP contribution in [0.1, 0.15) is 40.5 Å². The van der Waals surface area contributed by atoms with Crippen LogP contribution in [0.15, 0.2) is 4.99 Å². The summed E-state index contributed by atoms with van der Waals surface area (Å²) in [5.74, 6) is -0.466. The minimum Gasteiger partial charge on any atom is -0.477 e. The van der Waals surface area contributed by atoms with Crippen molar-refractivity contribution >= 4 is 11.9 Å². The first-order valence-electron chi connectivity index (χ1n) is 7.57. The van der Waals surface area contributed by atoms with Crippen LogP contribution >= 0.6 is 0 Å². The number of esters is 1. The lowest BCUT2D eigenvalue weighted by molar-refractivity contribution is -0.149. The quantitative estimate of drug-likeness (QED) is 0.726. The zero-order valence-corrected chi connectivity index (χ0v) is 13.3. The molecule has 0 N–H and O–H groups in total. The lowest BCUT2D eigenvalue weighted by atomic mass is 9.94. The van der Waals surface area contributed by atoms with Crippen molar-refractivity contribution in [1.82, 2.24) is 0 Å². The van der Waals surface area contributed by atoms with Gasteiger partial charge in [0.1, 0.15) is 5.92 Å². The van der Waals surface area contributed by atoms with Crippen molar-refractivity contribution in [3.63, 3.8) is 0 Å². The van der Waals surface area contributed by atoms with Gasteiger partial charge in [0.25, 0.3) is 0 Å². The minimum absolute atomic E-state index is 0.0230. The molecule has 0 radical (unpaired) electrons. The van der Waals surface area contributed by atoms with E-state index in [4.69, 9.17) is 18.9 Å². The molecule has 120 valence electrons. The van der Waals surface area contributed by atoms with Gasteiger partial charge >= 0.3 is 5.97 Å². The number of hydrogen-bond donors (Lipinski definition) is 0. The van der Waals surface area contributed by atoms with E-state index in [0.717, 1.165) is 6.42 Å². The lowest BCUT2D eigenvalue weighted by Crippen LogP contribution is -2.41. The maximum Gasteiger partial charge on any atom is 0.318 e. The van der Waals surface area contributed by atoms with Crippen molar-refractivity contribution in [2.75, 3.05) is 19.8 Å². The van der Waals surface area contributed by atoms with Crippen molar-refractivity contribution in [3.8, 4) is 0 Å².